The number of carbonyl (C=O) groups is 1. The van der Waals surface area contributed by atoms with E-state index in [9.17, 15) is 18.7 Å². The minimum Gasteiger partial charge on any atom is -0.508 e. The van der Waals surface area contributed by atoms with Gasteiger partial charge in [-0.15, -0.1) is 0 Å². The Morgan fingerprint density at radius 1 is 1.15 bits per heavy atom. The second-order valence-electron chi connectivity index (χ2n) is 4.36. The predicted molar refractivity (Wildman–Crippen MR) is 71.6 cm³/mol. The van der Waals surface area contributed by atoms with Crippen molar-refractivity contribution in [2.45, 2.75) is 6.42 Å². The van der Waals surface area contributed by atoms with Crippen LogP contribution in [0.15, 0.2) is 42.5 Å². The van der Waals surface area contributed by atoms with Crippen LogP contribution in [0.1, 0.15) is 5.56 Å². The van der Waals surface area contributed by atoms with Crippen LogP contribution in [0.3, 0.4) is 0 Å². The average Bonchev–Trinajstić information content (AvgIpc) is 2.44. The van der Waals surface area contributed by atoms with E-state index in [1.54, 1.807) is 12.1 Å². The van der Waals surface area contributed by atoms with Crippen molar-refractivity contribution < 1.29 is 18.7 Å². The largest absolute Gasteiger partial charge is 0.508 e. The maximum Gasteiger partial charge on any atom is 0.231 e. The van der Waals surface area contributed by atoms with E-state index in [1.165, 1.54) is 36.2 Å². The second kappa shape index (κ2) is 5.69. The summed E-state index contributed by atoms with van der Waals surface area (Å²) in [5.41, 5.74) is 0.574. The van der Waals surface area contributed by atoms with Crippen LogP contribution in [0, 0.1) is 11.6 Å². The van der Waals surface area contributed by atoms with Crippen molar-refractivity contribution in [3.8, 4) is 5.75 Å². The molecular weight excluding hydrogens is 264 g/mol. The lowest BCUT2D eigenvalue weighted by Gasteiger charge is -2.17. The summed E-state index contributed by atoms with van der Waals surface area (Å²) >= 11 is 0. The third kappa shape index (κ3) is 2.93. The van der Waals surface area contributed by atoms with Crippen LogP contribution in [-0.4, -0.2) is 18.1 Å². The van der Waals surface area contributed by atoms with Crippen LogP contribution in [0.2, 0.25) is 0 Å². The molecule has 0 saturated heterocycles. The summed E-state index contributed by atoms with van der Waals surface area (Å²) < 4.78 is 26.6. The smallest absolute Gasteiger partial charge is 0.231 e. The molecule has 20 heavy (non-hydrogen) atoms. The molecule has 2 rings (SSSR count). The van der Waals surface area contributed by atoms with E-state index < -0.39 is 11.6 Å². The fourth-order valence-electron chi connectivity index (χ4n) is 1.79. The number of hydrogen-bond acceptors (Lipinski definition) is 2. The molecule has 0 aromatic heterocycles. The summed E-state index contributed by atoms with van der Waals surface area (Å²) in [7, 11) is 1.53. The number of aromatic hydroxyl groups is 1. The van der Waals surface area contributed by atoms with Crippen LogP contribution in [0.4, 0.5) is 14.5 Å². The molecule has 0 spiro atoms. The number of phenolic OH excluding ortho intramolecular Hbond substituents is 1. The summed E-state index contributed by atoms with van der Waals surface area (Å²) in [6, 6.07) is 9.77. The second-order valence-corrected chi connectivity index (χ2v) is 4.36. The molecule has 0 heterocycles. The highest BCUT2D eigenvalue weighted by Crippen LogP contribution is 2.19. The molecule has 0 fully saturated rings. The number of rotatable bonds is 3. The number of likely N-dealkylation sites (N-methyl/N-ethyl adjacent to an activating group) is 1. The average molecular weight is 277 g/mol. The van der Waals surface area contributed by atoms with Crippen molar-refractivity contribution in [3.63, 3.8) is 0 Å². The van der Waals surface area contributed by atoms with Crippen molar-refractivity contribution >= 4 is 11.6 Å². The van der Waals surface area contributed by atoms with Gasteiger partial charge in [0, 0.05) is 18.3 Å². The lowest BCUT2D eigenvalue weighted by Crippen LogP contribution is -2.28. The minimum atomic E-state index is -1.00. The number of nitrogens with zero attached hydrogens (tertiary/aromatic N) is 1. The SMILES string of the molecule is CN(C(=O)Cc1cccc(F)c1F)c1ccc(O)cc1. The third-order valence-corrected chi connectivity index (χ3v) is 2.98. The van der Waals surface area contributed by atoms with Crippen LogP contribution in [0.5, 0.6) is 5.75 Å². The topological polar surface area (TPSA) is 40.5 Å². The molecule has 1 amide bonds. The fraction of sp³-hybridized carbons (Fsp3) is 0.133. The third-order valence-electron chi connectivity index (χ3n) is 2.98. The monoisotopic (exact) mass is 277 g/mol. The molecule has 104 valence electrons. The van der Waals surface area contributed by atoms with Gasteiger partial charge in [-0.05, 0) is 30.3 Å². The van der Waals surface area contributed by atoms with Gasteiger partial charge in [0.25, 0.3) is 0 Å². The zero-order valence-electron chi connectivity index (χ0n) is 10.8. The summed E-state index contributed by atoms with van der Waals surface area (Å²) in [6.45, 7) is 0. The van der Waals surface area contributed by atoms with Gasteiger partial charge in [-0.1, -0.05) is 12.1 Å². The molecule has 2 aromatic carbocycles. The molecule has 0 bridgehead atoms. The molecular formula is C15H13F2NO2. The number of phenols is 1. The van der Waals surface area contributed by atoms with Gasteiger partial charge in [-0.2, -0.15) is 0 Å². The number of amides is 1. The van der Waals surface area contributed by atoms with Crippen LogP contribution < -0.4 is 4.90 Å². The molecule has 0 saturated carbocycles. The van der Waals surface area contributed by atoms with Crippen molar-refractivity contribution in [2.24, 2.45) is 0 Å². The number of carbonyl (C=O) groups excluding carboxylic acids is 1. The number of anilines is 1. The van der Waals surface area contributed by atoms with Gasteiger partial charge in [0.2, 0.25) is 5.91 Å². The highest BCUT2D eigenvalue weighted by Gasteiger charge is 2.15. The standard InChI is InChI=1S/C15H13F2NO2/c1-18(11-5-7-12(19)8-6-11)14(20)9-10-3-2-4-13(16)15(10)17/h2-8,19H,9H2,1H3. The molecule has 0 atom stereocenters. The Bertz CT molecular complexity index is 626. The summed E-state index contributed by atoms with van der Waals surface area (Å²) in [6.07, 6.45) is -0.235. The highest BCUT2D eigenvalue weighted by atomic mass is 19.2. The molecule has 1 N–H and O–H groups in total. The molecule has 0 aliphatic rings. The number of hydrogen-bond donors (Lipinski definition) is 1. The van der Waals surface area contributed by atoms with Gasteiger partial charge in [0.1, 0.15) is 5.75 Å². The van der Waals surface area contributed by atoms with Gasteiger partial charge in [-0.25, -0.2) is 8.78 Å². The van der Waals surface area contributed by atoms with Gasteiger partial charge in [0.15, 0.2) is 11.6 Å². The Labute approximate surface area is 115 Å². The number of halogens is 2. The first-order valence-corrected chi connectivity index (χ1v) is 5.97. The first-order valence-electron chi connectivity index (χ1n) is 5.97. The van der Waals surface area contributed by atoms with Crippen LogP contribution in [-0.2, 0) is 11.2 Å². The van der Waals surface area contributed by atoms with E-state index in [2.05, 4.69) is 0 Å². The van der Waals surface area contributed by atoms with Crippen molar-refractivity contribution in [1.82, 2.24) is 0 Å². The normalized spacial score (nSPS) is 10.3. The zero-order valence-corrected chi connectivity index (χ0v) is 10.8. The molecule has 3 nitrogen and oxygen atoms in total. The summed E-state index contributed by atoms with van der Waals surface area (Å²) in [5, 5.41) is 9.18. The quantitative estimate of drug-likeness (QED) is 0.937. The van der Waals surface area contributed by atoms with Crippen LogP contribution >= 0.6 is 0 Å². The lowest BCUT2D eigenvalue weighted by atomic mass is 10.1. The number of benzene rings is 2. The molecule has 2 aromatic rings. The predicted octanol–water partition coefficient (Wildman–Crippen LogP) is 2.88. The van der Waals surface area contributed by atoms with Gasteiger partial charge < -0.3 is 10.0 Å². The molecule has 0 aliphatic heterocycles. The van der Waals surface area contributed by atoms with E-state index in [0.29, 0.717) is 5.69 Å². The van der Waals surface area contributed by atoms with E-state index >= 15 is 0 Å². The van der Waals surface area contributed by atoms with Gasteiger partial charge >= 0.3 is 0 Å². The van der Waals surface area contributed by atoms with Crippen LogP contribution in [0.25, 0.3) is 0 Å². The summed E-state index contributed by atoms with van der Waals surface area (Å²) in [5.74, 6) is -2.26. The summed E-state index contributed by atoms with van der Waals surface area (Å²) in [4.78, 5) is 13.4. The lowest BCUT2D eigenvalue weighted by molar-refractivity contribution is -0.117. The molecule has 0 unspecified atom stereocenters. The Morgan fingerprint density at radius 2 is 1.80 bits per heavy atom. The fourth-order valence-corrected chi connectivity index (χ4v) is 1.79. The Balaban J connectivity index is 2.15. The van der Waals surface area contributed by atoms with E-state index in [-0.39, 0.29) is 23.6 Å². The van der Waals surface area contributed by atoms with E-state index in [1.807, 2.05) is 0 Å². The maximum atomic E-state index is 13.5. The maximum absolute atomic E-state index is 13.5. The van der Waals surface area contributed by atoms with Gasteiger partial charge in [-0.3, -0.25) is 4.79 Å². The molecule has 0 aliphatic carbocycles. The Morgan fingerprint density at radius 3 is 2.45 bits per heavy atom. The van der Waals surface area contributed by atoms with E-state index in [4.69, 9.17) is 0 Å². The zero-order chi connectivity index (χ0) is 14.7. The van der Waals surface area contributed by atoms with Crippen molar-refractivity contribution in [3.05, 3.63) is 59.7 Å². The molecule has 0 radical (unpaired) electrons. The first kappa shape index (κ1) is 14.0. The Hall–Kier alpha value is -2.43. The molecule has 5 heteroatoms. The van der Waals surface area contributed by atoms with Crippen molar-refractivity contribution in [2.75, 3.05) is 11.9 Å². The minimum absolute atomic E-state index is 0.0145. The van der Waals surface area contributed by atoms with Gasteiger partial charge in [0.05, 0.1) is 6.42 Å². The highest BCUT2D eigenvalue weighted by molar-refractivity contribution is 5.94. The van der Waals surface area contributed by atoms with E-state index in [0.717, 1.165) is 6.07 Å². The first-order chi connectivity index (χ1) is 9.49. The van der Waals surface area contributed by atoms with Crippen molar-refractivity contribution in [1.29, 1.82) is 0 Å². The Kier molecular flexibility index (Phi) is 3.98.